The van der Waals surface area contributed by atoms with Crippen LogP contribution in [0, 0.1) is 11.8 Å². The minimum atomic E-state index is -3.03. The number of sulfone groups is 1. The fourth-order valence-electron chi connectivity index (χ4n) is 4.63. The Bertz CT molecular complexity index is 1050. The number of hydrazone groups is 1. The van der Waals surface area contributed by atoms with Crippen LogP contribution in [0.1, 0.15) is 64.0 Å². The molecule has 33 heavy (non-hydrogen) atoms. The first kappa shape index (κ1) is 23.8. The third kappa shape index (κ3) is 5.76. The first-order valence-corrected chi connectivity index (χ1v) is 13.6. The number of aryl methyl sites for hydroxylation is 1. The van der Waals surface area contributed by atoms with E-state index in [2.05, 4.69) is 40.4 Å². The molecule has 0 radical (unpaired) electrons. The van der Waals surface area contributed by atoms with Gasteiger partial charge in [-0.3, -0.25) is 0 Å². The fraction of sp³-hybridized carbons (Fsp3) is 0.500. The molecule has 2 N–H and O–H groups in total. The molecule has 6 nitrogen and oxygen atoms in total. The van der Waals surface area contributed by atoms with Crippen molar-refractivity contribution < 1.29 is 8.42 Å². The molecule has 0 spiro atoms. The van der Waals surface area contributed by atoms with Gasteiger partial charge in [-0.15, -0.1) is 10.6 Å². The standard InChI is InChI=1S/C26H36N4O2S/c1-26(2,3)33(31,32)19-22-13-11-20(12-14-22)9-10-21-15-17-23(18-16-21)25-27-28-29-30(25)24-7-5-4-6-8-24/h4-8,15-18,20,22,28-29H,9-14,19H2,1-3H3. The van der Waals surface area contributed by atoms with Crippen molar-refractivity contribution >= 4 is 21.4 Å². The Morgan fingerprint density at radius 1 is 0.939 bits per heavy atom. The zero-order valence-electron chi connectivity index (χ0n) is 19.9. The first-order chi connectivity index (χ1) is 15.7. The predicted molar refractivity (Wildman–Crippen MR) is 135 cm³/mol. The Balaban J connectivity index is 1.27. The molecule has 0 bridgehead atoms. The third-order valence-electron chi connectivity index (χ3n) is 6.96. The van der Waals surface area contributed by atoms with Crippen molar-refractivity contribution in [3.63, 3.8) is 0 Å². The average Bonchev–Trinajstić information content (AvgIpc) is 3.29. The third-order valence-corrected chi connectivity index (χ3v) is 9.73. The van der Waals surface area contributed by atoms with E-state index in [1.165, 1.54) is 5.56 Å². The smallest absolute Gasteiger partial charge is 0.177 e. The zero-order valence-corrected chi connectivity index (χ0v) is 20.7. The molecule has 4 rings (SSSR count). The van der Waals surface area contributed by atoms with Gasteiger partial charge in [0.25, 0.3) is 0 Å². The Labute approximate surface area is 198 Å². The van der Waals surface area contributed by atoms with E-state index in [0.717, 1.165) is 55.6 Å². The monoisotopic (exact) mass is 468 g/mol. The second kappa shape index (κ2) is 9.85. The summed E-state index contributed by atoms with van der Waals surface area (Å²) in [6.07, 6.45) is 6.58. The van der Waals surface area contributed by atoms with Crippen LogP contribution in [0.3, 0.4) is 0 Å². The van der Waals surface area contributed by atoms with Crippen molar-refractivity contribution in [1.29, 1.82) is 0 Å². The molecule has 1 aliphatic heterocycles. The van der Waals surface area contributed by atoms with Crippen LogP contribution < -0.4 is 16.1 Å². The molecule has 2 aliphatic rings. The molecule has 0 aromatic heterocycles. The van der Waals surface area contributed by atoms with Crippen molar-refractivity contribution in [3.05, 3.63) is 65.7 Å². The van der Waals surface area contributed by atoms with E-state index in [4.69, 9.17) is 0 Å². The summed E-state index contributed by atoms with van der Waals surface area (Å²) in [7, 11) is -3.03. The van der Waals surface area contributed by atoms with Gasteiger partial charge in [0.15, 0.2) is 15.7 Å². The van der Waals surface area contributed by atoms with Crippen molar-refractivity contribution in [2.24, 2.45) is 16.9 Å². The minimum Gasteiger partial charge on any atom is -0.238 e. The molecule has 0 amide bonds. The summed E-state index contributed by atoms with van der Waals surface area (Å²) in [4.78, 5) is 0. The van der Waals surface area contributed by atoms with Gasteiger partial charge in [0.1, 0.15) is 0 Å². The van der Waals surface area contributed by atoms with Gasteiger partial charge in [0.05, 0.1) is 16.2 Å². The summed E-state index contributed by atoms with van der Waals surface area (Å²) in [5.74, 6) is 2.21. The number of hydrogen-bond acceptors (Lipinski definition) is 6. The molecule has 1 saturated carbocycles. The molecule has 0 unspecified atom stereocenters. The van der Waals surface area contributed by atoms with Crippen LogP contribution in [-0.2, 0) is 16.3 Å². The number of para-hydroxylation sites is 1. The molecule has 1 heterocycles. The number of amidine groups is 1. The highest BCUT2D eigenvalue weighted by molar-refractivity contribution is 7.92. The van der Waals surface area contributed by atoms with Crippen molar-refractivity contribution in [1.82, 2.24) is 11.1 Å². The summed E-state index contributed by atoms with van der Waals surface area (Å²) in [5, 5.41) is 6.34. The maximum absolute atomic E-state index is 12.5. The lowest BCUT2D eigenvalue weighted by Gasteiger charge is -2.30. The Hall–Kier alpha value is -2.38. The van der Waals surface area contributed by atoms with Gasteiger partial charge in [-0.25, -0.2) is 19.0 Å². The van der Waals surface area contributed by atoms with Crippen LogP contribution in [0.2, 0.25) is 0 Å². The Kier molecular flexibility index (Phi) is 7.10. The molecular weight excluding hydrogens is 432 g/mol. The number of nitrogens with one attached hydrogen (secondary N) is 2. The van der Waals surface area contributed by atoms with E-state index in [9.17, 15) is 8.42 Å². The van der Waals surface area contributed by atoms with Gasteiger partial charge >= 0.3 is 0 Å². The summed E-state index contributed by atoms with van der Waals surface area (Å²) in [6.45, 7) is 5.43. The summed E-state index contributed by atoms with van der Waals surface area (Å²) < 4.78 is 24.4. The molecule has 7 heteroatoms. The predicted octanol–water partition coefficient (Wildman–Crippen LogP) is 4.83. The number of benzene rings is 2. The van der Waals surface area contributed by atoms with Crippen LogP contribution in [0.25, 0.3) is 0 Å². The normalized spacial score (nSPS) is 21.5. The van der Waals surface area contributed by atoms with Gasteiger partial charge in [-0.2, -0.15) is 0 Å². The van der Waals surface area contributed by atoms with Gasteiger partial charge in [0.2, 0.25) is 0 Å². The molecule has 178 valence electrons. The van der Waals surface area contributed by atoms with Crippen LogP contribution in [0.5, 0.6) is 0 Å². The maximum Gasteiger partial charge on any atom is 0.177 e. The van der Waals surface area contributed by atoms with Gasteiger partial charge < -0.3 is 0 Å². The van der Waals surface area contributed by atoms with E-state index < -0.39 is 14.6 Å². The highest BCUT2D eigenvalue weighted by atomic mass is 32.2. The fourth-order valence-corrected chi connectivity index (χ4v) is 6.08. The molecule has 0 atom stereocenters. The van der Waals surface area contributed by atoms with Crippen LogP contribution in [-0.4, -0.2) is 24.8 Å². The van der Waals surface area contributed by atoms with Gasteiger partial charge in [-0.05, 0) is 76.0 Å². The molecule has 2 aromatic rings. The molecular formula is C26H36N4O2S. The lowest BCUT2D eigenvalue weighted by atomic mass is 9.80. The van der Waals surface area contributed by atoms with Crippen LogP contribution in [0.4, 0.5) is 5.69 Å². The number of nitrogens with zero attached hydrogens (tertiary/aromatic N) is 2. The lowest BCUT2D eigenvalue weighted by Crippen LogP contribution is -2.41. The SMILES string of the molecule is CC(C)(C)S(=O)(=O)CC1CCC(CCc2ccc(C3=NNNN3c3ccccc3)cc2)CC1. The summed E-state index contributed by atoms with van der Waals surface area (Å²) >= 11 is 0. The van der Waals surface area contributed by atoms with E-state index in [-0.39, 0.29) is 0 Å². The molecule has 1 fully saturated rings. The van der Waals surface area contributed by atoms with Crippen LogP contribution >= 0.6 is 0 Å². The number of hydrogen-bond donors (Lipinski definition) is 2. The zero-order chi connectivity index (χ0) is 23.5. The number of hydrazine groups is 2. The highest BCUT2D eigenvalue weighted by Gasteiger charge is 2.33. The largest absolute Gasteiger partial charge is 0.238 e. The molecule has 1 aliphatic carbocycles. The quantitative estimate of drug-likeness (QED) is 0.609. The van der Waals surface area contributed by atoms with E-state index >= 15 is 0 Å². The molecule has 2 aromatic carbocycles. The first-order valence-electron chi connectivity index (χ1n) is 12.0. The summed E-state index contributed by atoms with van der Waals surface area (Å²) in [6, 6.07) is 18.7. The Morgan fingerprint density at radius 2 is 1.58 bits per heavy atom. The number of anilines is 1. The van der Waals surface area contributed by atoms with Crippen molar-refractivity contribution in [2.75, 3.05) is 10.8 Å². The van der Waals surface area contributed by atoms with E-state index in [1.54, 1.807) is 0 Å². The minimum absolute atomic E-state index is 0.326. The van der Waals surface area contributed by atoms with E-state index in [1.807, 2.05) is 56.1 Å². The van der Waals surface area contributed by atoms with Crippen molar-refractivity contribution in [3.8, 4) is 0 Å². The van der Waals surface area contributed by atoms with Crippen LogP contribution in [0.15, 0.2) is 59.7 Å². The lowest BCUT2D eigenvalue weighted by molar-refractivity contribution is 0.278. The topological polar surface area (TPSA) is 73.8 Å². The second-order valence-corrected chi connectivity index (χ2v) is 13.1. The highest BCUT2D eigenvalue weighted by Crippen LogP contribution is 2.34. The molecule has 0 saturated heterocycles. The van der Waals surface area contributed by atoms with E-state index in [0.29, 0.717) is 17.6 Å². The second-order valence-electron chi connectivity index (χ2n) is 10.3. The van der Waals surface area contributed by atoms with Gasteiger partial charge in [-0.1, -0.05) is 55.3 Å². The van der Waals surface area contributed by atoms with Crippen molar-refractivity contribution in [2.45, 2.75) is 64.0 Å². The summed E-state index contributed by atoms with van der Waals surface area (Å²) in [5.41, 5.74) is 9.34. The number of rotatable bonds is 7. The maximum atomic E-state index is 12.5. The Morgan fingerprint density at radius 3 is 2.21 bits per heavy atom. The van der Waals surface area contributed by atoms with Gasteiger partial charge in [0, 0.05) is 5.56 Å². The average molecular weight is 469 g/mol.